The molecule has 0 spiro atoms. The van der Waals surface area contributed by atoms with Crippen LogP contribution in [0.15, 0.2) is 36.4 Å². The lowest BCUT2D eigenvalue weighted by Gasteiger charge is -2.30. The Hall–Kier alpha value is -3.06. The van der Waals surface area contributed by atoms with Crippen LogP contribution >= 0.6 is 0 Å². The molecule has 1 aliphatic carbocycles. The molecule has 2 aromatic carbocycles. The van der Waals surface area contributed by atoms with Crippen LogP contribution in [0.5, 0.6) is 11.5 Å². The Balaban J connectivity index is 1.66. The number of anilines is 1. The molecule has 0 radical (unpaired) electrons. The van der Waals surface area contributed by atoms with Gasteiger partial charge in [-0.2, -0.15) is 0 Å². The van der Waals surface area contributed by atoms with Crippen LogP contribution in [0.3, 0.4) is 0 Å². The fourth-order valence-corrected chi connectivity index (χ4v) is 4.37. The van der Waals surface area contributed by atoms with Crippen molar-refractivity contribution in [3.05, 3.63) is 53.1 Å². The number of hydrogen-bond acceptors (Lipinski definition) is 5. The standard InChI is InChI=1S/C26H33N3O4/c1-5-33-23-15-18(11-12-22(23)32-4)21(13-14-28(2)3)29-16-19-7-6-8-20(24(19)26(29)31)27-25(30)17-9-10-17/h6-8,11-12,15,17,21H,5,9-10,13-14,16H2,1-4H3,(H,27,30)/t21-/m1/s1. The van der Waals surface area contributed by atoms with Gasteiger partial charge in [0, 0.05) is 12.5 Å². The highest BCUT2D eigenvalue weighted by Gasteiger charge is 2.37. The minimum Gasteiger partial charge on any atom is -0.493 e. The van der Waals surface area contributed by atoms with E-state index in [0.717, 1.165) is 36.9 Å². The quantitative estimate of drug-likeness (QED) is 0.589. The zero-order chi connectivity index (χ0) is 23.5. The van der Waals surface area contributed by atoms with Crippen LogP contribution in [0.2, 0.25) is 0 Å². The number of hydrogen-bond donors (Lipinski definition) is 1. The molecule has 1 fully saturated rings. The van der Waals surface area contributed by atoms with Crippen molar-refractivity contribution in [2.24, 2.45) is 5.92 Å². The molecule has 1 N–H and O–H groups in total. The summed E-state index contributed by atoms with van der Waals surface area (Å²) in [4.78, 5) is 30.1. The highest BCUT2D eigenvalue weighted by atomic mass is 16.5. The first kappa shape index (κ1) is 23.1. The molecule has 4 rings (SSSR count). The normalized spacial score (nSPS) is 16.0. The molecule has 7 heteroatoms. The molecule has 2 amide bonds. The van der Waals surface area contributed by atoms with E-state index in [-0.39, 0.29) is 23.8 Å². The van der Waals surface area contributed by atoms with Crippen molar-refractivity contribution >= 4 is 17.5 Å². The number of rotatable bonds is 10. The van der Waals surface area contributed by atoms with Crippen LogP contribution in [0.25, 0.3) is 0 Å². The van der Waals surface area contributed by atoms with Crippen LogP contribution in [0.1, 0.15) is 53.7 Å². The Morgan fingerprint density at radius 2 is 2.00 bits per heavy atom. The first-order valence-electron chi connectivity index (χ1n) is 11.6. The van der Waals surface area contributed by atoms with Crippen LogP contribution in [0, 0.1) is 5.92 Å². The largest absolute Gasteiger partial charge is 0.493 e. The Morgan fingerprint density at radius 3 is 2.67 bits per heavy atom. The summed E-state index contributed by atoms with van der Waals surface area (Å²) in [5, 5.41) is 2.99. The van der Waals surface area contributed by atoms with Gasteiger partial charge in [0.1, 0.15) is 0 Å². The van der Waals surface area contributed by atoms with Gasteiger partial charge in [0.15, 0.2) is 11.5 Å². The van der Waals surface area contributed by atoms with Crippen molar-refractivity contribution in [2.75, 3.05) is 39.7 Å². The number of nitrogens with zero attached hydrogens (tertiary/aromatic N) is 2. The van der Waals surface area contributed by atoms with Gasteiger partial charge >= 0.3 is 0 Å². The Bertz CT molecular complexity index is 1030. The Kier molecular flexibility index (Phi) is 6.88. The molecule has 1 atom stereocenters. The predicted octanol–water partition coefficient (Wildman–Crippen LogP) is 4.09. The summed E-state index contributed by atoms with van der Waals surface area (Å²) in [7, 11) is 5.69. The molecule has 2 aromatic rings. The molecule has 0 unspecified atom stereocenters. The number of fused-ring (bicyclic) bond motifs is 1. The van der Waals surface area contributed by atoms with Crippen LogP contribution in [-0.4, -0.2) is 56.0 Å². The van der Waals surface area contributed by atoms with E-state index in [1.807, 2.05) is 62.3 Å². The number of carbonyl (C=O) groups is 2. The molecule has 1 heterocycles. The van der Waals surface area contributed by atoms with Crippen LogP contribution < -0.4 is 14.8 Å². The molecule has 2 aliphatic rings. The Labute approximate surface area is 195 Å². The van der Waals surface area contributed by atoms with Gasteiger partial charge < -0.3 is 24.6 Å². The van der Waals surface area contributed by atoms with Gasteiger partial charge in [-0.25, -0.2) is 0 Å². The second-order valence-electron chi connectivity index (χ2n) is 8.99. The number of nitrogens with one attached hydrogen (secondary N) is 1. The summed E-state index contributed by atoms with van der Waals surface area (Å²) in [6.07, 6.45) is 2.62. The number of benzene rings is 2. The van der Waals surface area contributed by atoms with Crippen molar-refractivity contribution < 1.29 is 19.1 Å². The Morgan fingerprint density at radius 1 is 1.21 bits per heavy atom. The molecule has 0 saturated heterocycles. The monoisotopic (exact) mass is 451 g/mol. The number of methoxy groups -OCH3 is 1. The van der Waals surface area contributed by atoms with Gasteiger partial charge in [-0.15, -0.1) is 0 Å². The van der Waals surface area contributed by atoms with Gasteiger partial charge in [-0.1, -0.05) is 18.2 Å². The van der Waals surface area contributed by atoms with Gasteiger partial charge in [0.25, 0.3) is 5.91 Å². The lowest BCUT2D eigenvalue weighted by molar-refractivity contribution is -0.117. The highest BCUT2D eigenvalue weighted by molar-refractivity contribution is 6.07. The molecule has 0 bridgehead atoms. The lowest BCUT2D eigenvalue weighted by Crippen LogP contribution is -2.32. The van der Waals surface area contributed by atoms with Gasteiger partial charge in [0.2, 0.25) is 5.91 Å². The van der Waals surface area contributed by atoms with E-state index in [1.165, 1.54) is 0 Å². The molecular weight excluding hydrogens is 418 g/mol. The molecule has 33 heavy (non-hydrogen) atoms. The summed E-state index contributed by atoms with van der Waals surface area (Å²) in [5.74, 6) is 1.39. The van der Waals surface area contributed by atoms with E-state index in [1.54, 1.807) is 7.11 Å². The van der Waals surface area contributed by atoms with E-state index in [2.05, 4.69) is 10.2 Å². The highest BCUT2D eigenvalue weighted by Crippen LogP contribution is 2.40. The summed E-state index contributed by atoms with van der Waals surface area (Å²) in [6, 6.07) is 11.5. The maximum atomic E-state index is 13.7. The molecule has 7 nitrogen and oxygen atoms in total. The summed E-state index contributed by atoms with van der Waals surface area (Å²) >= 11 is 0. The first-order chi connectivity index (χ1) is 15.9. The predicted molar refractivity (Wildman–Crippen MR) is 128 cm³/mol. The number of amides is 2. The average Bonchev–Trinajstić information content (AvgIpc) is 3.59. The van der Waals surface area contributed by atoms with Crippen molar-refractivity contribution in [1.82, 2.24) is 9.80 Å². The summed E-state index contributed by atoms with van der Waals surface area (Å²) in [6.45, 7) is 3.80. The fourth-order valence-electron chi connectivity index (χ4n) is 4.37. The smallest absolute Gasteiger partial charge is 0.257 e. The average molecular weight is 452 g/mol. The first-order valence-corrected chi connectivity index (χ1v) is 11.6. The minimum absolute atomic E-state index is 0.00955. The number of carbonyl (C=O) groups excluding carboxylic acids is 2. The van der Waals surface area contributed by atoms with Gasteiger partial charge in [-0.05, 0) is 76.2 Å². The maximum Gasteiger partial charge on any atom is 0.257 e. The fraction of sp³-hybridized carbons (Fsp3) is 0.462. The minimum atomic E-state index is -0.135. The zero-order valence-corrected chi connectivity index (χ0v) is 19.9. The molecular formula is C26H33N3O4. The molecule has 0 aromatic heterocycles. The van der Waals surface area contributed by atoms with Crippen molar-refractivity contribution in [2.45, 2.75) is 38.8 Å². The third-order valence-electron chi connectivity index (χ3n) is 6.27. The van der Waals surface area contributed by atoms with E-state index >= 15 is 0 Å². The lowest BCUT2D eigenvalue weighted by atomic mass is 10.0. The zero-order valence-electron chi connectivity index (χ0n) is 19.9. The topological polar surface area (TPSA) is 71.1 Å². The van der Waals surface area contributed by atoms with Crippen LogP contribution in [-0.2, 0) is 11.3 Å². The van der Waals surface area contributed by atoms with E-state index in [9.17, 15) is 9.59 Å². The second kappa shape index (κ2) is 9.83. The summed E-state index contributed by atoms with van der Waals surface area (Å²) in [5.41, 5.74) is 3.18. The third kappa shape index (κ3) is 4.98. The third-order valence-corrected chi connectivity index (χ3v) is 6.27. The number of ether oxygens (including phenoxy) is 2. The second-order valence-corrected chi connectivity index (χ2v) is 8.99. The molecule has 1 aliphatic heterocycles. The molecule has 176 valence electrons. The van der Waals surface area contributed by atoms with E-state index < -0.39 is 0 Å². The van der Waals surface area contributed by atoms with E-state index in [4.69, 9.17) is 9.47 Å². The maximum absolute atomic E-state index is 13.7. The van der Waals surface area contributed by atoms with E-state index in [0.29, 0.717) is 35.9 Å². The van der Waals surface area contributed by atoms with Crippen LogP contribution in [0.4, 0.5) is 5.69 Å². The molecule has 1 saturated carbocycles. The van der Waals surface area contributed by atoms with Crippen molar-refractivity contribution in [3.8, 4) is 11.5 Å². The summed E-state index contributed by atoms with van der Waals surface area (Å²) < 4.78 is 11.3. The van der Waals surface area contributed by atoms with Gasteiger partial charge in [0.05, 0.1) is 31.0 Å². The van der Waals surface area contributed by atoms with Crippen molar-refractivity contribution in [3.63, 3.8) is 0 Å². The van der Waals surface area contributed by atoms with Gasteiger partial charge in [-0.3, -0.25) is 9.59 Å². The van der Waals surface area contributed by atoms with Crippen molar-refractivity contribution in [1.29, 1.82) is 0 Å². The SMILES string of the molecule is CCOc1cc([C@@H](CCN(C)C)N2Cc3cccc(NC(=O)C4CC4)c3C2=O)ccc1OC.